The van der Waals surface area contributed by atoms with Gasteiger partial charge in [0.05, 0.1) is 24.2 Å². The van der Waals surface area contributed by atoms with E-state index in [-0.39, 0.29) is 29.7 Å². The van der Waals surface area contributed by atoms with E-state index in [1.54, 1.807) is 20.0 Å². The van der Waals surface area contributed by atoms with Crippen LogP contribution in [-0.2, 0) is 9.59 Å². The Hall–Kier alpha value is -2.91. The van der Waals surface area contributed by atoms with Gasteiger partial charge in [-0.15, -0.1) is 0 Å². The van der Waals surface area contributed by atoms with Crippen molar-refractivity contribution in [2.75, 3.05) is 13.6 Å². The van der Waals surface area contributed by atoms with Crippen molar-refractivity contribution in [2.45, 2.75) is 82.3 Å². The average molecular weight is 498 g/mol. The minimum atomic E-state index is -1.04. The van der Waals surface area contributed by atoms with Gasteiger partial charge in [-0.1, -0.05) is 12.8 Å². The van der Waals surface area contributed by atoms with Crippen LogP contribution in [0.5, 0.6) is 0 Å². The highest BCUT2D eigenvalue weighted by molar-refractivity contribution is 5.97. The predicted octanol–water partition coefficient (Wildman–Crippen LogP) is 2.35. The lowest BCUT2D eigenvalue weighted by Crippen LogP contribution is -2.58. The fourth-order valence-corrected chi connectivity index (χ4v) is 6.16. The summed E-state index contributed by atoms with van der Waals surface area (Å²) in [6.07, 6.45) is 8.55. The number of rotatable bonds is 7. The van der Waals surface area contributed by atoms with Crippen LogP contribution in [0.4, 0.5) is 4.39 Å². The highest BCUT2D eigenvalue weighted by Crippen LogP contribution is 2.44. The van der Waals surface area contributed by atoms with Crippen LogP contribution in [0.25, 0.3) is 16.5 Å². The summed E-state index contributed by atoms with van der Waals surface area (Å²) in [5.74, 6) is -0.911. The summed E-state index contributed by atoms with van der Waals surface area (Å²) in [5, 5.41) is 17.0. The van der Waals surface area contributed by atoms with Crippen LogP contribution in [0.15, 0.2) is 30.6 Å². The molecule has 2 aromatic rings. The van der Waals surface area contributed by atoms with E-state index in [1.807, 2.05) is 11.1 Å². The van der Waals surface area contributed by atoms with Gasteiger partial charge in [0.2, 0.25) is 11.8 Å². The Bertz CT molecular complexity index is 1170. The molecule has 0 radical (unpaired) electrons. The third kappa shape index (κ3) is 4.28. The zero-order valence-corrected chi connectivity index (χ0v) is 21.1. The van der Waals surface area contributed by atoms with Crippen LogP contribution in [-0.4, -0.2) is 81.6 Å². The van der Waals surface area contributed by atoms with E-state index in [9.17, 15) is 19.1 Å². The Balaban J connectivity index is 1.50. The molecule has 1 aliphatic carbocycles. The lowest BCUT2D eigenvalue weighted by atomic mass is 9.96. The van der Waals surface area contributed by atoms with Gasteiger partial charge in [0, 0.05) is 47.0 Å². The predicted molar refractivity (Wildman–Crippen MR) is 136 cm³/mol. The average Bonchev–Trinajstić information content (AvgIpc) is 3.64. The third-order valence-corrected chi connectivity index (χ3v) is 8.21. The molecule has 3 heterocycles. The summed E-state index contributed by atoms with van der Waals surface area (Å²) in [4.78, 5) is 33.9. The van der Waals surface area contributed by atoms with Crippen LogP contribution in [0.2, 0.25) is 0 Å². The number of likely N-dealkylation sites (tertiary alicyclic amines) is 1. The molecule has 36 heavy (non-hydrogen) atoms. The van der Waals surface area contributed by atoms with Crippen molar-refractivity contribution in [3.8, 4) is 0 Å². The van der Waals surface area contributed by atoms with Crippen molar-refractivity contribution in [3.63, 3.8) is 0 Å². The number of hydrogen-bond donors (Lipinski definition) is 4. The van der Waals surface area contributed by atoms with Crippen molar-refractivity contribution in [1.29, 1.82) is 0 Å². The standard InChI is InChI=1S/C27H36FN5O3/c1-15(29-3)26(35)31-24(16(2)34)27(36)32-11-10-23-25(32)21(14-33(23)18-6-4-5-7-18)20-13-30-22-12-17(28)8-9-19(20)22/h8-9,12-16,18,23-25,29-30,34H,4-7,10-11H2,1-3H3,(H,31,35). The van der Waals surface area contributed by atoms with Gasteiger partial charge < -0.3 is 30.5 Å². The largest absolute Gasteiger partial charge is 0.391 e. The second kappa shape index (κ2) is 9.86. The molecular formula is C27H36FN5O3. The van der Waals surface area contributed by atoms with Crippen molar-refractivity contribution in [2.24, 2.45) is 0 Å². The fraction of sp³-hybridized carbons (Fsp3) is 0.556. The Morgan fingerprint density at radius 2 is 1.94 bits per heavy atom. The molecule has 3 aliphatic rings. The van der Waals surface area contributed by atoms with E-state index in [0.29, 0.717) is 18.1 Å². The van der Waals surface area contributed by atoms with E-state index in [2.05, 4.69) is 26.7 Å². The maximum Gasteiger partial charge on any atom is 0.248 e. The Kier molecular flexibility index (Phi) is 6.78. The van der Waals surface area contributed by atoms with Gasteiger partial charge in [0.25, 0.3) is 0 Å². The lowest BCUT2D eigenvalue weighted by molar-refractivity contribution is -0.139. The van der Waals surface area contributed by atoms with Gasteiger partial charge in [-0.25, -0.2) is 4.39 Å². The summed E-state index contributed by atoms with van der Waals surface area (Å²) in [7, 11) is 1.68. The summed E-state index contributed by atoms with van der Waals surface area (Å²) < 4.78 is 13.9. The molecule has 9 heteroatoms. The first-order valence-corrected chi connectivity index (χ1v) is 13.0. The summed E-state index contributed by atoms with van der Waals surface area (Å²) >= 11 is 0. The van der Waals surface area contributed by atoms with Crippen LogP contribution < -0.4 is 10.6 Å². The van der Waals surface area contributed by atoms with E-state index in [0.717, 1.165) is 35.8 Å². The number of fused-ring (bicyclic) bond motifs is 2. The molecule has 5 rings (SSSR count). The number of aromatic nitrogens is 1. The maximum atomic E-state index is 13.9. The number of nitrogens with one attached hydrogen (secondary N) is 3. The van der Waals surface area contributed by atoms with E-state index >= 15 is 0 Å². The van der Waals surface area contributed by atoms with Crippen LogP contribution in [0, 0.1) is 5.82 Å². The normalized spacial score (nSPS) is 24.6. The van der Waals surface area contributed by atoms with Crippen LogP contribution in [0.3, 0.4) is 0 Å². The first-order chi connectivity index (χ1) is 17.3. The second-order valence-corrected chi connectivity index (χ2v) is 10.4. The first-order valence-electron chi connectivity index (χ1n) is 13.0. The number of H-pyrrole nitrogens is 1. The number of hydrogen-bond acceptors (Lipinski definition) is 5. The highest BCUT2D eigenvalue weighted by Gasteiger charge is 2.50. The van der Waals surface area contributed by atoms with Crippen molar-refractivity contribution >= 4 is 28.3 Å². The van der Waals surface area contributed by atoms with E-state index < -0.39 is 18.2 Å². The quantitative estimate of drug-likeness (QED) is 0.471. The number of amides is 2. The Morgan fingerprint density at radius 1 is 1.19 bits per heavy atom. The third-order valence-electron chi connectivity index (χ3n) is 8.21. The number of carbonyl (C=O) groups excluding carboxylic acids is 2. The Labute approximate surface area is 210 Å². The van der Waals surface area contributed by atoms with E-state index in [4.69, 9.17) is 0 Å². The monoisotopic (exact) mass is 497 g/mol. The minimum absolute atomic E-state index is 0.138. The van der Waals surface area contributed by atoms with Crippen molar-refractivity contribution in [1.82, 2.24) is 25.4 Å². The molecule has 2 fully saturated rings. The molecule has 8 nitrogen and oxygen atoms in total. The van der Waals surface area contributed by atoms with Crippen molar-refractivity contribution < 1.29 is 19.1 Å². The van der Waals surface area contributed by atoms with Crippen LogP contribution >= 0.6 is 0 Å². The molecule has 194 valence electrons. The second-order valence-electron chi connectivity index (χ2n) is 10.4. The number of carbonyl (C=O) groups is 2. The number of halogens is 1. The van der Waals surface area contributed by atoms with E-state index in [1.165, 1.54) is 31.9 Å². The number of aliphatic hydroxyl groups excluding tert-OH is 1. The number of aliphatic hydroxyl groups is 1. The van der Waals surface area contributed by atoms with Crippen molar-refractivity contribution in [3.05, 3.63) is 42.0 Å². The van der Waals surface area contributed by atoms with Gasteiger partial charge in [0.1, 0.15) is 11.9 Å². The zero-order valence-electron chi connectivity index (χ0n) is 21.1. The molecule has 4 N–H and O–H groups in total. The fourth-order valence-electron chi connectivity index (χ4n) is 6.16. The zero-order chi connectivity index (χ0) is 25.6. The summed E-state index contributed by atoms with van der Waals surface area (Å²) in [5.41, 5.74) is 2.70. The van der Waals surface area contributed by atoms with Gasteiger partial charge >= 0.3 is 0 Å². The maximum absolute atomic E-state index is 13.9. The molecule has 0 bridgehead atoms. The summed E-state index contributed by atoms with van der Waals surface area (Å²) in [6, 6.07) is 3.57. The van der Waals surface area contributed by atoms with Gasteiger partial charge in [-0.05, 0) is 58.4 Å². The number of likely N-dealkylation sites (N-methyl/N-ethyl adjacent to an activating group) is 1. The minimum Gasteiger partial charge on any atom is -0.391 e. The smallest absolute Gasteiger partial charge is 0.248 e. The lowest BCUT2D eigenvalue weighted by Gasteiger charge is -2.34. The Morgan fingerprint density at radius 3 is 2.64 bits per heavy atom. The number of benzene rings is 1. The van der Waals surface area contributed by atoms with Gasteiger partial charge in [0.15, 0.2) is 0 Å². The summed E-state index contributed by atoms with van der Waals surface area (Å²) in [6.45, 7) is 3.79. The first kappa shape index (κ1) is 24.8. The number of aromatic amines is 1. The van der Waals surface area contributed by atoms with Gasteiger partial charge in [-0.3, -0.25) is 9.59 Å². The molecule has 2 aliphatic heterocycles. The molecule has 1 aromatic heterocycles. The van der Waals surface area contributed by atoms with Gasteiger partial charge in [-0.2, -0.15) is 0 Å². The SMILES string of the molecule is CNC(C)C(=O)NC(C(=O)N1CCC2C1C(c1c[nH]c3cc(F)ccc13)=CN2C1CCCC1)C(C)O. The number of nitrogens with zero attached hydrogens (tertiary/aromatic N) is 2. The molecule has 0 spiro atoms. The molecule has 2 amide bonds. The topological polar surface area (TPSA) is 101 Å². The molecular weight excluding hydrogens is 461 g/mol. The molecule has 1 saturated carbocycles. The molecule has 1 saturated heterocycles. The van der Waals surface area contributed by atoms with Crippen LogP contribution in [0.1, 0.15) is 51.5 Å². The molecule has 1 aromatic carbocycles. The molecule has 5 unspecified atom stereocenters. The molecule has 5 atom stereocenters. The highest BCUT2D eigenvalue weighted by atomic mass is 19.1.